The molecule has 20 heavy (non-hydrogen) atoms. The number of benzene rings is 1. The number of hydrogen-bond donors (Lipinski definition) is 1. The quantitative estimate of drug-likeness (QED) is 0.900. The Morgan fingerprint density at radius 3 is 2.90 bits per heavy atom. The molecule has 0 amide bonds. The second-order valence-electron chi connectivity index (χ2n) is 6.29. The summed E-state index contributed by atoms with van der Waals surface area (Å²) in [4.78, 5) is 4.90. The first-order chi connectivity index (χ1) is 9.61. The molecule has 2 atom stereocenters. The number of aromatic hydroxyl groups is 1. The highest BCUT2D eigenvalue weighted by molar-refractivity contribution is 5.28. The Hall–Kier alpha value is -1.13. The van der Waals surface area contributed by atoms with E-state index in [4.69, 9.17) is 0 Å². The number of fused-ring (bicyclic) bond motifs is 1. The zero-order chi connectivity index (χ0) is 14.1. The van der Waals surface area contributed by atoms with Gasteiger partial charge in [0.2, 0.25) is 0 Å². The standard InChI is InChI=1S/C16H23FN2O/c1-18-5-2-3-13-11-19(6-4-16(13)18)10-12-7-14(17)9-15(20)8-12/h7-9,13,16,20H,2-6,10-11H2,1H3. The maximum Gasteiger partial charge on any atom is 0.127 e. The Balaban J connectivity index is 1.64. The number of phenolic OH excluding ortho intramolecular Hbond substituents is 1. The van der Waals surface area contributed by atoms with E-state index in [0.717, 1.165) is 43.2 Å². The third kappa shape index (κ3) is 2.96. The highest BCUT2D eigenvalue weighted by Crippen LogP contribution is 2.30. The largest absolute Gasteiger partial charge is 0.508 e. The van der Waals surface area contributed by atoms with Gasteiger partial charge in [-0.1, -0.05) is 0 Å². The van der Waals surface area contributed by atoms with Crippen molar-refractivity contribution in [2.75, 3.05) is 26.7 Å². The maximum atomic E-state index is 13.3. The molecule has 2 aliphatic heterocycles. The lowest BCUT2D eigenvalue weighted by atomic mass is 9.84. The Labute approximate surface area is 120 Å². The van der Waals surface area contributed by atoms with Gasteiger partial charge in [0.15, 0.2) is 0 Å². The molecular weight excluding hydrogens is 255 g/mol. The minimum absolute atomic E-state index is 0.0206. The first kappa shape index (κ1) is 13.8. The van der Waals surface area contributed by atoms with Crippen LogP contribution in [0.4, 0.5) is 4.39 Å². The molecule has 3 rings (SSSR count). The van der Waals surface area contributed by atoms with Gasteiger partial charge in [0, 0.05) is 25.2 Å². The highest BCUT2D eigenvalue weighted by atomic mass is 19.1. The number of halogens is 1. The van der Waals surface area contributed by atoms with Crippen molar-refractivity contribution in [2.45, 2.75) is 31.8 Å². The van der Waals surface area contributed by atoms with Crippen molar-refractivity contribution in [1.82, 2.24) is 9.80 Å². The molecule has 0 spiro atoms. The van der Waals surface area contributed by atoms with Crippen molar-refractivity contribution in [3.05, 3.63) is 29.6 Å². The predicted octanol–water partition coefficient (Wildman–Crippen LogP) is 2.45. The van der Waals surface area contributed by atoms with Gasteiger partial charge in [0.1, 0.15) is 11.6 Å². The van der Waals surface area contributed by atoms with Crippen LogP contribution in [-0.2, 0) is 6.54 Å². The van der Waals surface area contributed by atoms with Crippen LogP contribution in [0.2, 0.25) is 0 Å². The molecule has 0 aromatic heterocycles. The summed E-state index contributed by atoms with van der Waals surface area (Å²) in [5, 5.41) is 9.48. The number of nitrogens with zero attached hydrogens (tertiary/aromatic N) is 2. The van der Waals surface area contributed by atoms with E-state index in [9.17, 15) is 9.50 Å². The zero-order valence-corrected chi connectivity index (χ0v) is 12.1. The number of piperidine rings is 2. The Morgan fingerprint density at radius 1 is 1.25 bits per heavy atom. The van der Waals surface area contributed by atoms with Crippen LogP contribution < -0.4 is 0 Å². The maximum absolute atomic E-state index is 13.3. The molecule has 0 aliphatic carbocycles. The van der Waals surface area contributed by atoms with Crippen LogP contribution in [0.25, 0.3) is 0 Å². The number of phenols is 1. The molecule has 2 aliphatic rings. The lowest BCUT2D eigenvalue weighted by Gasteiger charge is -2.46. The average Bonchev–Trinajstić information content (AvgIpc) is 2.37. The number of rotatable bonds is 2. The fourth-order valence-electron chi connectivity index (χ4n) is 3.85. The summed E-state index contributed by atoms with van der Waals surface area (Å²) in [6.07, 6.45) is 3.79. The highest BCUT2D eigenvalue weighted by Gasteiger charge is 2.34. The molecule has 110 valence electrons. The van der Waals surface area contributed by atoms with Gasteiger partial charge >= 0.3 is 0 Å². The third-order valence-corrected chi connectivity index (χ3v) is 4.78. The van der Waals surface area contributed by atoms with Crippen LogP contribution in [0.15, 0.2) is 18.2 Å². The van der Waals surface area contributed by atoms with E-state index in [1.54, 1.807) is 6.07 Å². The van der Waals surface area contributed by atoms with Gasteiger partial charge < -0.3 is 10.0 Å². The molecule has 0 radical (unpaired) electrons. The van der Waals surface area contributed by atoms with Crippen molar-refractivity contribution in [3.63, 3.8) is 0 Å². The topological polar surface area (TPSA) is 26.7 Å². The Bertz CT molecular complexity index is 459. The van der Waals surface area contributed by atoms with Gasteiger partial charge in [-0.05, 0) is 63.0 Å². The van der Waals surface area contributed by atoms with E-state index in [-0.39, 0.29) is 11.6 Å². The normalized spacial score (nSPS) is 28.3. The van der Waals surface area contributed by atoms with Gasteiger partial charge in [-0.25, -0.2) is 4.39 Å². The molecule has 0 bridgehead atoms. The molecule has 2 heterocycles. The van der Waals surface area contributed by atoms with Gasteiger partial charge in [-0.15, -0.1) is 0 Å². The minimum atomic E-state index is -0.354. The smallest absolute Gasteiger partial charge is 0.127 e. The molecule has 2 saturated heterocycles. The monoisotopic (exact) mass is 278 g/mol. The Kier molecular flexibility index (Phi) is 3.94. The van der Waals surface area contributed by atoms with Crippen LogP contribution in [0, 0.1) is 11.7 Å². The first-order valence-corrected chi connectivity index (χ1v) is 7.53. The molecule has 3 nitrogen and oxygen atoms in total. The Morgan fingerprint density at radius 2 is 2.10 bits per heavy atom. The van der Waals surface area contributed by atoms with Crippen molar-refractivity contribution in [1.29, 1.82) is 0 Å². The van der Waals surface area contributed by atoms with Crippen LogP contribution in [0.5, 0.6) is 5.75 Å². The summed E-state index contributed by atoms with van der Waals surface area (Å²) in [6, 6.07) is 5.08. The molecule has 1 aromatic carbocycles. The van der Waals surface area contributed by atoms with E-state index in [0.29, 0.717) is 0 Å². The van der Waals surface area contributed by atoms with Crippen LogP contribution in [0.1, 0.15) is 24.8 Å². The van der Waals surface area contributed by atoms with Gasteiger partial charge in [-0.2, -0.15) is 0 Å². The second kappa shape index (κ2) is 5.70. The van der Waals surface area contributed by atoms with Crippen molar-refractivity contribution < 1.29 is 9.50 Å². The fraction of sp³-hybridized carbons (Fsp3) is 0.625. The van der Waals surface area contributed by atoms with E-state index in [1.165, 1.54) is 31.9 Å². The summed E-state index contributed by atoms with van der Waals surface area (Å²) in [7, 11) is 2.23. The molecule has 1 aromatic rings. The van der Waals surface area contributed by atoms with E-state index in [1.807, 2.05) is 0 Å². The van der Waals surface area contributed by atoms with Gasteiger partial charge in [-0.3, -0.25) is 4.90 Å². The third-order valence-electron chi connectivity index (χ3n) is 4.78. The van der Waals surface area contributed by atoms with Crippen LogP contribution in [0.3, 0.4) is 0 Å². The molecule has 1 N–H and O–H groups in total. The van der Waals surface area contributed by atoms with Crippen molar-refractivity contribution in [2.24, 2.45) is 5.92 Å². The zero-order valence-electron chi connectivity index (χ0n) is 12.1. The van der Waals surface area contributed by atoms with Crippen LogP contribution in [-0.4, -0.2) is 47.6 Å². The lowest BCUT2D eigenvalue weighted by molar-refractivity contribution is 0.0354. The molecule has 2 fully saturated rings. The predicted molar refractivity (Wildman–Crippen MR) is 77.1 cm³/mol. The van der Waals surface area contributed by atoms with E-state index < -0.39 is 0 Å². The molecular formula is C16H23FN2O. The van der Waals surface area contributed by atoms with Crippen molar-refractivity contribution in [3.8, 4) is 5.75 Å². The van der Waals surface area contributed by atoms with Gasteiger partial charge in [0.05, 0.1) is 0 Å². The van der Waals surface area contributed by atoms with Gasteiger partial charge in [0.25, 0.3) is 0 Å². The number of likely N-dealkylation sites (tertiary alicyclic amines) is 2. The minimum Gasteiger partial charge on any atom is -0.508 e. The summed E-state index contributed by atoms with van der Waals surface area (Å²) < 4.78 is 13.3. The first-order valence-electron chi connectivity index (χ1n) is 7.53. The lowest BCUT2D eigenvalue weighted by Crippen LogP contribution is -2.52. The SMILES string of the molecule is CN1CCCC2CN(Cc3cc(O)cc(F)c3)CCC21. The average molecular weight is 278 g/mol. The van der Waals surface area contributed by atoms with E-state index in [2.05, 4.69) is 16.8 Å². The second-order valence-corrected chi connectivity index (χ2v) is 6.29. The fourth-order valence-corrected chi connectivity index (χ4v) is 3.85. The number of hydrogen-bond acceptors (Lipinski definition) is 3. The van der Waals surface area contributed by atoms with Crippen molar-refractivity contribution >= 4 is 0 Å². The summed E-state index contributed by atoms with van der Waals surface area (Å²) in [6.45, 7) is 4.10. The summed E-state index contributed by atoms with van der Waals surface area (Å²) >= 11 is 0. The van der Waals surface area contributed by atoms with E-state index >= 15 is 0 Å². The molecule has 0 saturated carbocycles. The van der Waals surface area contributed by atoms with Crippen LogP contribution >= 0.6 is 0 Å². The summed E-state index contributed by atoms with van der Waals surface area (Å²) in [5.74, 6) is 0.407. The summed E-state index contributed by atoms with van der Waals surface area (Å²) in [5.41, 5.74) is 0.866. The molecule has 2 unspecified atom stereocenters. The molecule has 4 heteroatoms.